The Morgan fingerprint density at radius 2 is 2.12 bits per heavy atom. The molecule has 0 saturated carbocycles. The summed E-state index contributed by atoms with van der Waals surface area (Å²) in [5.41, 5.74) is 1.96. The van der Waals surface area contributed by atoms with Crippen LogP contribution >= 0.6 is 0 Å². The molecule has 2 heterocycles. The van der Waals surface area contributed by atoms with Crippen LogP contribution in [-0.4, -0.2) is 35.9 Å². The number of hydrogen-bond acceptors (Lipinski definition) is 4. The van der Waals surface area contributed by atoms with Crippen LogP contribution in [0.4, 0.5) is 0 Å². The summed E-state index contributed by atoms with van der Waals surface area (Å²) in [4.78, 5) is 10.8. The van der Waals surface area contributed by atoms with E-state index in [0.29, 0.717) is 5.69 Å². The Morgan fingerprint density at radius 3 is 2.56 bits per heavy atom. The van der Waals surface area contributed by atoms with Crippen LogP contribution in [0.2, 0.25) is 0 Å². The van der Waals surface area contributed by atoms with Gasteiger partial charge in [-0.1, -0.05) is 5.21 Å². The Labute approximate surface area is 91.3 Å². The molecule has 0 aliphatic carbocycles. The van der Waals surface area contributed by atoms with Gasteiger partial charge in [0.1, 0.15) is 5.69 Å². The molecule has 84 valence electrons. The van der Waals surface area contributed by atoms with Crippen LogP contribution in [0.1, 0.15) is 21.9 Å². The van der Waals surface area contributed by atoms with Crippen molar-refractivity contribution in [3.05, 3.63) is 23.3 Å². The van der Waals surface area contributed by atoms with Gasteiger partial charge < -0.3 is 5.11 Å². The van der Waals surface area contributed by atoms with Crippen molar-refractivity contribution in [3.63, 3.8) is 0 Å². The van der Waals surface area contributed by atoms with Crippen molar-refractivity contribution >= 4 is 5.97 Å². The molecule has 0 fully saturated rings. The maximum absolute atomic E-state index is 10.8. The van der Waals surface area contributed by atoms with Gasteiger partial charge in [-0.2, -0.15) is 5.10 Å². The highest BCUT2D eigenvalue weighted by molar-refractivity contribution is 5.86. The summed E-state index contributed by atoms with van der Waals surface area (Å²) < 4.78 is 3.12. The highest BCUT2D eigenvalue weighted by Crippen LogP contribution is 2.14. The Kier molecular flexibility index (Phi) is 2.22. The molecule has 0 spiro atoms. The van der Waals surface area contributed by atoms with E-state index in [1.54, 1.807) is 24.9 Å². The van der Waals surface area contributed by atoms with Gasteiger partial charge in [-0.25, -0.2) is 9.48 Å². The number of carboxylic acid groups (broad SMARTS) is 1. The standard InChI is InChI=1S/C9H11N5O2/c1-5-7(4-13(3)11-5)14-6(2)8(9(15)16)10-12-14/h4H,1-3H3,(H,15,16). The van der Waals surface area contributed by atoms with Crippen LogP contribution in [-0.2, 0) is 7.05 Å². The van der Waals surface area contributed by atoms with Gasteiger partial charge in [-0.15, -0.1) is 5.10 Å². The van der Waals surface area contributed by atoms with E-state index in [2.05, 4.69) is 15.4 Å². The first-order valence-corrected chi connectivity index (χ1v) is 4.67. The summed E-state index contributed by atoms with van der Waals surface area (Å²) >= 11 is 0. The summed E-state index contributed by atoms with van der Waals surface area (Å²) in [6, 6.07) is 0. The van der Waals surface area contributed by atoms with E-state index in [1.165, 1.54) is 4.68 Å². The molecule has 2 aromatic heterocycles. The minimum absolute atomic E-state index is 0.0387. The fourth-order valence-electron chi connectivity index (χ4n) is 1.55. The van der Waals surface area contributed by atoms with Gasteiger partial charge >= 0.3 is 5.97 Å². The van der Waals surface area contributed by atoms with Crippen LogP contribution < -0.4 is 0 Å². The van der Waals surface area contributed by atoms with Gasteiger partial charge in [0.25, 0.3) is 0 Å². The van der Waals surface area contributed by atoms with Crippen LogP contribution in [0.25, 0.3) is 5.69 Å². The number of hydrogen-bond donors (Lipinski definition) is 1. The summed E-state index contributed by atoms with van der Waals surface area (Å²) in [6.07, 6.45) is 1.77. The molecule has 0 aliphatic rings. The van der Waals surface area contributed by atoms with Gasteiger partial charge in [0, 0.05) is 7.05 Å². The molecule has 0 aromatic carbocycles. The fraction of sp³-hybridized carbons (Fsp3) is 0.333. The fourth-order valence-corrected chi connectivity index (χ4v) is 1.55. The first-order valence-electron chi connectivity index (χ1n) is 4.67. The van der Waals surface area contributed by atoms with Gasteiger partial charge in [0.2, 0.25) is 0 Å². The lowest BCUT2D eigenvalue weighted by Gasteiger charge is -1.99. The van der Waals surface area contributed by atoms with E-state index in [-0.39, 0.29) is 5.69 Å². The average molecular weight is 221 g/mol. The normalized spacial score (nSPS) is 10.7. The zero-order chi connectivity index (χ0) is 11.9. The zero-order valence-electron chi connectivity index (χ0n) is 9.17. The largest absolute Gasteiger partial charge is 0.476 e. The molecule has 0 saturated heterocycles. The molecule has 16 heavy (non-hydrogen) atoms. The molecule has 1 N–H and O–H groups in total. The summed E-state index contributed by atoms with van der Waals surface area (Å²) in [5.74, 6) is -1.08. The molecule has 0 amide bonds. The van der Waals surface area contributed by atoms with Crippen LogP contribution in [0.15, 0.2) is 6.20 Å². The Hall–Kier alpha value is -2.18. The van der Waals surface area contributed by atoms with Crippen molar-refractivity contribution in [2.45, 2.75) is 13.8 Å². The topological polar surface area (TPSA) is 85.8 Å². The van der Waals surface area contributed by atoms with E-state index in [9.17, 15) is 4.79 Å². The molecule has 2 aromatic rings. The Morgan fingerprint density at radius 1 is 1.44 bits per heavy atom. The highest BCUT2D eigenvalue weighted by atomic mass is 16.4. The van der Waals surface area contributed by atoms with E-state index >= 15 is 0 Å². The maximum atomic E-state index is 10.8. The second-order valence-corrected chi connectivity index (χ2v) is 3.51. The Bertz CT molecular complexity index is 554. The van der Waals surface area contributed by atoms with Crippen molar-refractivity contribution < 1.29 is 9.90 Å². The summed E-state index contributed by atoms with van der Waals surface area (Å²) in [5, 5.41) is 20.5. The van der Waals surface area contributed by atoms with E-state index < -0.39 is 5.97 Å². The number of rotatable bonds is 2. The molecule has 0 bridgehead atoms. The van der Waals surface area contributed by atoms with Crippen LogP contribution in [0, 0.1) is 13.8 Å². The number of aromatic carboxylic acids is 1. The molecule has 0 radical (unpaired) electrons. The lowest BCUT2D eigenvalue weighted by Crippen LogP contribution is -2.02. The SMILES string of the molecule is Cc1nn(C)cc1-n1nnc(C(=O)O)c1C. The Balaban J connectivity index is 2.57. The second kappa shape index (κ2) is 3.44. The van der Waals surface area contributed by atoms with E-state index in [4.69, 9.17) is 5.11 Å². The second-order valence-electron chi connectivity index (χ2n) is 3.51. The van der Waals surface area contributed by atoms with Crippen molar-refractivity contribution in [3.8, 4) is 5.69 Å². The van der Waals surface area contributed by atoms with E-state index in [1.807, 2.05) is 6.92 Å². The number of nitrogens with zero attached hydrogens (tertiary/aromatic N) is 5. The monoisotopic (exact) mass is 221 g/mol. The van der Waals surface area contributed by atoms with Crippen molar-refractivity contribution in [2.75, 3.05) is 0 Å². The minimum Gasteiger partial charge on any atom is -0.476 e. The summed E-state index contributed by atoms with van der Waals surface area (Å²) in [6.45, 7) is 3.49. The molecule has 2 rings (SSSR count). The van der Waals surface area contributed by atoms with Crippen LogP contribution in [0.5, 0.6) is 0 Å². The lowest BCUT2D eigenvalue weighted by molar-refractivity contribution is 0.0689. The number of aryl methyl sites for hydroxylation is 2. The van der Waals surface area contributed by atoms with Gasteiger partial charge in [0.05, 0.1) is 17.6 Å². The van der Waals surface area contributed by atoms with Crippen molar-refractivity contribution in [1.29, 1.82) is 0 Å². The predicted molar refractivity (Wildman–Crippen MR) is 54.6 cm³/mol. The average Bonchev–Trinajstić information content (AvgIpc) is 2.69. The molecule has 7 nitrogen and oxygen atoms in total. The lowest BCUT2D eigenvalue weighted by atomic mass is 10.3. The third kappa shape index (κ3) is 1.46. The first-order chi connectivity index (χ1) is 7.50. The smallest absolute Gasteiger partial charge is 0.358 e. The van der Waals surface area contributed by atoms with Gasteiger partial charge in [-0.05, 0) is 13.8 Å². The number of aromatic nitrogens is 5. The molecule has 0 atom stereocenters. The number of carbonyl (C=O) groups is 1. The quantitative estimate of drug-likeness (QED) is 0.789. The molecular weight excluding hydrogens is 210 g/mol. The van der Waals surface area contributed by atoms with Crippen molar-refractivity contribution in [2.24, 2.45) is 7.05 Å². The van der Waals surface area contributed by atoms with E-state index in [0.717, 1.165) is 11.4 Å². The molecule has 0 unspecified atom stereocenters. The number of carboxylic acids is 1. The zero-order valence-corrected chi connectivity index (χ0v) is 9.17. The summed E-state index contributed by atoms with van der Waals surface area (Å²) in [7, 11) is 1.79. The highest BCUT2D eigenvalue weighted by Gasteiger charge is 2.18. The molecule has 0 aliphatic heterocycles. The maximum Gasteiger partial charge on any atom is 0.358 e. The van der Waals surface area contributed by atoms with Gasteiger partial charge in [0.15, 0.2) is 5.69 Å². The third-order valence-corrected chi connectivity index (χ3v) is 2.31. The van der Waals surface area contributed by atoms with Crippen molar-refractivity contribution in [1.82, 2.24) is 24.8 Å². The predicted octanol–water partition coefficient (Wildman–Crippen LogP) is 0.316. The molecular formula is C9H11N5O2. The van der Waals surface area contributed by atoms with Crippen LogP contribution in [0.3, 0.4) is 0 Å². The third-order valence-electron chi connectivity index (χ3n) is 2.31. The molecule has 7 heteroatoms. The van der Waals surface area contributed by atoms with Gasteiger partial charge in [-0.3, -0.25) is 4.68 Å². The first kappa shape index (κ1) is 10.3. The minimum atomic E-state index is -1.08.